The summed E-state index contributed by atoms with van der Waals surface area (Å²) in [6, 6.07) is 13.3. The number of fused-ring (bicyclic) bond motifs is 1. The molecule has 0 aliphatic heterocycles. The summed E-state index contributed by atoms with van der Waals surface area (Å²) in [5, 5.41) is 13.8. The van der Waals surface area contributed by atoms with E-state index in [9.17, 15) is 9.90 Å². The quantitative estimate of drug-likeness (QED) is 0.553. The Kier molecular flexibility index (Phi) is 6.91. The molecule has 3 rings (SSSR count). The minimum absolute atomic E-state index is 0. The number of aliphatic hydroxyl groups excluding tert-OH is 1. The highest BCUT2D eigenvalue weighted by atomic mass is 35.5. The zero-order valence-electron chi connectivity index (χ0n) is 15.4. The highest BCUT2D eigenvalue weighted by molar-refractivity contribution is 6.10. The maximum Gasteiger partial charge on any atom is 0.169 e. The molecular weight excluding hydrogens is 362 g/mol. The second-order valence-electron chi connectivity index (χ2n) is 6.52. The summed E-state index contributed by atoms with van der Waals surface area (Å²) in [5.74, 6) is -0.137. The van der Waals surface area contributed by atoms with Gasteiger partial charge in [-0.3, -0.25) is 9.78 Å². The third-order valence-electron chi connectivity index (χ3n) is 4.44. The molecule has 1 aromatic heterocycles. The van der Waals surface area contributed by atoms with Gasteiger partial charge in [0.2, 0.25) is 0 Å². The number of aliphatic hydroxyl groups is 1. The van der Waals surface area contributed by atoms with E-state index in [2.05, 4.69) is 10.3 Å². The standard InChI is InChI=1S/C21H23N3O2.ClH/c1-13(2)21(26)17-11-23-19-15(12-25)7-5-8-16(19)20(17)24-18-9-4-3-6-14(18)10-22;/h3-9,11,13,25H,10,12,22H2,1-2H3,(H,23,24);1H. The van der Waals surface area contributed by atoms with Gasteiger partial charge in [0.05, 0.1) is 23.4 Å². The number of hydrogen-bond acceptors (Lipinski definition) is 5. The molecule has 0 fully saturated rings. The van der Waals surface area contributed by atoms with E-state index in [1.807, 2.05) is 56.3 Å². The Morgan fingerprint density at radius 2 is 1.85 bits per heavy atom. The summed E-state index contributed by atoms with van der Waals surface area (Å²) in [4.78, 5) is 17.2. The topological polar surface area (TPSA) is 88.2 Å². The summed E-state index contributed by atoms with van der Waals surface area (Å²) in [6.45, 7) is 4.02. The van der Waals surface area contributed by atoms with Crippen molar-refractivity contribution in [2.75, 3.05) is 5.32 Å². The van der Waals surface area contributed by atoms with E-state index in [1.54, 1.807) is 6.20 Å². The molecule has 0 saturated heterocycles. The van der Waals surface area contributed by atoms with Crippen molar-refractivity contribution in [1.29, 1.82) is 0 Å². The summed E-state index contributed by atoms with van der Waals surface area (Å²) < 4.78 is 0. The van der Waals surface area contributed by atoms with Crippen LogP contribution in [0.1, 0.15) is 35.3 Å². The zero-order valence-corrected chi connectivity index (χ0v) is 16.2. The van der Waals surface area contributed by atoms with E-state index in [0.717, 1.165) is 22.2 Å². The van der Waals surface area contributed by atoms with Crippen LogP contribution in [0.2, 0.25) is 0 Å². The molecule has 0 atom stereocenters. The molecule has 0 spiro atoms. The van der Waals surface area contributed by atoms with Gasteiger partial charge in [0, 0.05) is 35.3 Å². The predicted molar refractivity (Wildman–Crippen MR) is 112 cm³/mol. The molecule has 0 saturated carbocycles. The van der Waals surface area contributed by atoms with Gasteiger partial charge in [0.15, 0.2) is 5.78 Å². The summed E-state index contributed by atoms with van der Waals surface area (Å²) >= 11 is 0. The fourth-order valence-electron chi connectivity index (χ4n) is 3.00. The van der Waals surface area contributed by atoms with Gasteiger partial charge in [0.25, 0.3) is 0 Å². The number of halogens is 1. The van der Waals surface area contributed by atoms with Crippen molar-refractivity contribution in [2.24, 2.45) is 11.7 Å². The van der Waals surface area contributed by atoms with Crippen molar-refractivity contribution < 1.29 is 9.90 Å². The lowest BCUT2D eigenvalue weighted by atomic mass is 9.97. The Hall–Kier alpha value is -2.47. The number of nitrogens with two attached hydrogens (primary N) is 1. The van der Waals surface area contributed by atoms with Crippen LogP contribution < -0.4 is 11.1 Å². The minimum atomic E-state index is -0.152. The minimum Gasteiger partial charge on any atom is -0.392 e. The molecule has 27 heavy (non-hydrogen) atoms. The molecular formula is C21H24ClN3O2. The predicted octanol–water partition coefficient (Wildman–Crippen LogP) is 4.19. The summed E-state index contributed by atoms with van der Waals surface area (Å²) in [5.41, 5.74) is 10.3. The first kappa shape index (κ1) is 20.8. The Morgan fingerprint density at radius 3 is 2.52 bits per heavy atom. The highest BCUT2D eigenvalue weighted by Gasteiger charge is 2.19. The molecule has 1 heterocycles. The number of carbonyl (C=O) groups excluding carboxylic acids is 1. The van der Waals surface area contributed by atoms with Crippen LogP contribution in [0.25, 0.3) is 10.9 Å². The lowest BCUT2D eigenvalue weighted by Gasteiger charge is -2.18. The van der Waals surface area contributed by atoms with E-state index >= 15 is 0 Å². The number of rotatable bonds is 6. The fraction of sp³-hybridized carbons (Fsp3) is 0.238. The molecule has 4 N–H and O–H groups in total. The molecule has 3 aromatic rings. The average Bonchev–Trinajstić information content (AvgIpc) is 2.67. The first-order valence-electron chi connectivity index (χ1n) is 8.67. The van der Waals surface area contributed by atoms with Crippen molar-refractivity contribution >= 4 is 40.5 Å². The first-order chi connectivity index (χ1) is 12.6. The van der Waals surface area contributed by atoms with Crippen molar-refractivity contribution in [3.63, 3.8) is 0 Å². The van der Waals surface area contributed by atoms with E-state index in [0.29, 0.717) is 23.3 Å². The Morgan fingerprint density at radius 1 is 1.15 bits per heavy atom. The van der Waals surface area contributed by atoms with Crippen LogP contribution in [0, 0.1) is 5.92 Å². The lowest BCUT2D eigenvalue weighted by Crippen LogP contribution is -2.12. The Bertz CT molecular complexity index is 957. The monoisotopic (exact) mass is 385 g/mol. The molecule has 0 radical (unpaired) electrons. The van der Waals surface area contributed by atoms with Crippen LogP contribution >= 0.6 is 12.4 Å². The maximum absolute atomic E-state index is 12.8. The van der Waals surface area contributed by atoms with Gasteiger partial charge in [-0.15, -0.1) is 12.4 Å². The normalized spacial score (nSPS) is 10.7. The number of hydrogen-bond donors (Lipinski definition) is 3. The second kappa shape index (κ2) is 8.95. The van der Waals surface area contributed by atoms with Crippen LogP contribution in [0.3, 0.4) is 0 Å². The van der Waals surface area contributed by atoms with E-state index < -0.39 is 0 Å². The number of nitrogens with zero attached hydrogens (tertiary/aromatic N) is 1. The molecule has 2 aromatic carbocycles. The Balaban J connectivity index is 0.00000261. The SMILES string of the molecule is CC(C)C(=O)c1cnc2c(CO)cccc2c1Nc1ccccc1CN.Cl. The largest absolute Gasteiger partial charge is 0.392 e. The van der Waals surface area contributed by atoms with Crippen LogP contribution in [0.4, 0.5) is 11.4 Å². The number of aromatic nitrogens is 1. The number of pyridine rings is 1. The van der Waals surface area contributed by atoms with Gasteiger partial charge in [0.1, 0.15) is 0 Å². The number of carbonyl (C=O) groups is 1. The molecule has 6 heteroatoms. The van der Waals surface area contributed by atoms with Crippen LogP contribution in [-0.4, -0.2) is 15.9 Å². The smallest absolute Gasteiger partial charge is 0.169 e. The number of benzene rings is 2. The van der Waals surface area contributed by atoms with Gasteiger partial charge < -0.3 is 16.2 Å². The van der Waals surface area contributed by atoms with Gasteiger partial charge in [-0.05, 0) is 11.6 Å². The van der Waals surface area contributed by atoms with Crippen molar-refractivity contribution in [2.45, 2.75) is 27.0 Å². The summed E-state index contributed by atoms with van der Waals surface area (Å²) in [7, 11) is 0. The van der Waals surface area contributed by atoms with Crippen molar-refractivity contribution in [1.82, 2.24) is 4.98 Å². The third-order valence-corrected chi connectivity index (χ3v) is 4.44. The third kappa shape index (κ3) is 4.11. The van der Waals surface area contributed by atoms with E-state index in [-0.39, 0.29) is 30.7 Å². The molecule has 0 bridgehead atoms. The van der Waals surface area contributed by atoms with Gasteiger partial charge in [-0.25, -0.2) is 0 Å². The molecule has 142 valence electrons. The summed E-state index contributed by atoms with van der Waals surface area (Å²) in [6.07, 6.45) is 1.59. The number of para-hydroxylation sites is 2. The number of Topliss-reactive ketones (excluding diaryl/α,β-unsaturated/α-hetero) is 1. The van der Waals surface area contributed by atoms with Gasteiger partial charge in [-0.1, -0.05) is 50.2 Å². The van der Waals surface area contributed by atoms with E-state index in [4.69, 9.17) is 5.73 Å². The lowest BCUT2D eigenvalue weighted by molar-refractivity contribution is 0.0940. The molecule has 0 amide bonds. The van der Waals surface area contributed by atoms with Crippen molar-refractivity contribution in [3.05, 3.63) is 65.4 Å². The highest BCUT2D eigenvalue weighted by Crippen LogP contribution is 2.33. The van der Waals surface area contributed by atoms with Crippen molar-refractivity contribution in [3.8, 4) is 0 Å². The molecule has 0 aliphatic carbocycles. The molecule has 5 nitrogen and oxygen atoms in total. The Labute approximate surface area is 165 Å². The van der Waals surface area contributed by atoms with Crippen LogP contribution in [-0.2, 0) is 13.2 Å². The first-order valence-corrected chi connectivity index (χ1v) is 8.67. The fourth-order valence-corrected chi connectivity index (χ4v) is 3.00. The van der Waals surface area contributed by atoms with Gasteiger partial charge >= 0.3 is 0 Å². The second-order valence-corrected chi connectivity index (χ2v) is 6.52. The van der Waals surface area contributed by atoms with E-state index in [1.165, 1.54) is 0 Å². The molecule has 0 aliphatic rings. The van der Waals surface area contributed by atoms with Gasteiger partial charge in [-0.2, -0.15) is 0 Å². The van der Waals surface area contributed by atoms with Crippen LogP contribution in [0.15, 0.2) is 48.7 Å². The average molecular weight is 386 g/mol. The number of nitrogens with one attached hydrogen (secondary N) is 1. The molecule has 0 unspecified atom stereocenters. The van der Waals surface area contributed by atoms with Crippen LogP contribution in [0.5, 0.6) is 0 Å². The maximum atomic E-state index is 12.8. The number of ketones is 1. The zero-order chi connectivity index (χ0) is 18.7. The number of anilines is 2.